The molecule has 2 aliphatic heterocycles. The predicted molar refractivity (Wildman–Crippen MR) is 109 cm³/mol. The van der Waals surface area contributed by atoms with Crippen LogP contribution in [0, 0.1) is 6.92 Å². The fraction of sp³-hybridized carbons (Fsp3) is 0.250. The minimum absolute atomic E-state index is 0.246. The number of rotatable bonds is 5. The summed E-state index contributed by atoms with van der Waals surface area (Å²) in [5.74, 6) is -0.793. The van der Waals surface area contributed by atoms with Crippen LogP contribution in [0.25, 0.3) is 0 Å². The first kappa shape index (κ1) is 19.8. The van der Waals surface area contributed by atoms with Gasteiger partial charge in [-0.05, 0) is 48.9 Å². The van der Waals surface area contributed by atoms with E-state index in [2.05, 4.69) is 15.7 Å². The lowest BCUT2D eigenvalue weighted by Crippen LogP contribution is -2.43. The third-order valence-electron chi connectivity index (χ3n) is 4.89. The zero-order valence-corrected chi connectivity index (χ0v) is 17.0. The monoisotopic (exact) mass is 427 g/mol. The maximum Gasteiger partial charge on any atom is 0.263 e. The summed E-state index contributed by atoms with van der Waals surface area (Å²) in [7, 11) is 1.53. The SMILES string of the molecule is COc1ccc(N2C(=O)[C@H]3N=NN(CC(=O)Nc4ccc(C)cc4Cl)[C@@H]3C2=O)cc1. The van der Waals surface area contributed by atoms with E-state index in [1.165, 1.54) is 12.1 Å². The third-order valence-corrected chi connectivity index (χ3v) is 5.21. The van der Waals surface area contributed by atoms with Crippen LogP contribution in [0.4, 0.5) is 11.4 Å². The highest BCUT2D eigenvalue weighted by molar-refractivity contribution is 6.33. The Bertz CT molecular complexity index is 1060. The molecule has 2 aromatic carbocycles. The van der Waals surface area contributed by atoms with E-state index < -0.39 is 29.8 Å². The van der Waals surface area contributed by atoms with Gasteiger partial charge in [-0.25, -0.2) is 4.90 Å². The molecule has 0 aromatic heterocycles. The van der Waals surface area contributed by atoms with Crippen LogP contribution in [0.1, 0.15) is 5.56 Å². The Morgan fingerprint density at radius 3 is 2.57 bits per heavy atom. The van der Waals surface area contributed by atoms with Crippen LogP contribution < -0.4 is 15.0 Å². The van der Waals surface area contributed by atoms with Crippen LogP contribution in [-0.2, 0) is 14.4 Å². The molecule has 2 atom stereocenters. The number of nitrogens with one attached hydrogen (secondary N) is 1. The smallest absolute Gasteiger partial charge is 0.263 e. The van der Waals surface area contributed by atoms with Crippen LogP contribution in [0.5, 0.6) is 5.75 Å². The maximum atomic E-state index is 13.0. The summed E-state index contributed by atoms with van der Waals surface area (Å²) in [5.41, 5.74) is 1.82. The summed E-state index contributed by atoms with van der Waals surface area (Å²) < 4.78 is 5.10. The number of amides is 3. The van der Waals surface area contributed by atoms with Crippen molar-refractivity contribution in [2.45, 2.75) is 19.0 Å². The average Bonchev–Trinajstić information content (AvgIpc) is 3.24. The molecule has 1 saturated heterocycles. The van der Waals surface area contributed by atoms with Gasteiger partial charge in [-0.15, -0.1) is 0 Å². The number of aryl methyl sites for hydroxylation is 1. The van der Waals surface area contributed by atoms with E-state index in [0.717, 1.165) is 10.5 Å². The number of fused-ring (bicyclic) bond motifs is 1. The Balaban J connectivity index is 1.48. The number of anilines is 2. The van der Waals surface area contributed by atoms with E-state index in [9.17, 15) is 14.4 Å². The molecular weight excluding hydrogens is 410 g/mol. The first-order chi connectivity index (χ1) is 14.4. The van der Waals surface area contributed by atoms with Crippen molar-refractivity contribution in [1.29, 1.82) is 0 Å². The van der Waals surface area contributed by atoms with Gasteiger partial charge in [0.05, 0.1) is 23.5 Å². The predicted octanol–water partition coefficient (Wildman–Crippen LogP) is 2.59. The van der Waals surface area contributed by atoms with Gasteiger partial charge in [-0.2, -0.15) is 5.11 Å². The van der Waals surface area contributed by atoms with E-state index in [1.807, 2.05) is 13.0 Å². The molecule has 2 aliphatic rings. The standard InChI is InChI=1S/C20H18ClN5O4/c1-11-3-8-15(14(21)9-11)22-16(27)10-25-18-17(23-24-25)19(28)26(20(18)29)12-4-6-13(30-2)7-5-12/h3-9,17-18H,10H2,1-2H3,(H,22,27)/t17-,18-/m0/s1. The van der Waals surface area contributed by atoms with Crippen molar-refractivity contribution in [2.24, 2.45) is 10.3 Å². The van der Waals surface area contributed by atoms with E-state index in [-0.39, 0.29) is 6.54 Å². The molecule has 0 aliphatic carbocycles. The number of benzene rings is 2. The van der Waals surface area contributed by atoms with Crippen molar-refractivity contribution in [1.82, 2.24) is 5.01 Å². The zero-order valence-electron chi connectivity index (χ0n) is 16.2. The molecule has 2 heterocycles. The Kier molecular flexibility index (Phi) is 5.13. The van der Waals surface area contributed by atoms with Crippen LogP contribution in [0.3, 0.4) is 0 Å². The van der Waals surface area contributed by atoms with E-state index in [0.29, 0.717) is 22.1 Å². The molecule has 1 N–H and O–H groups in total. The van der Waals surface area contributed by atoms with Crippen LogP contribution in [-0.4, -0.2) is 48.5 Å². The second-order valence-electron chi connectivity index (χ2n) is 6.93. The summed E-state index contributed by atoms with van der Waals surface area (Å²) >= 11 is 6.15. The number of imide groups is 1. The maximum absolute atomic E-state index is 13.0. The van der Waals surface area contributed by atoms with Crippen molar-refractivity contribution < 1.29 is 19.1 Å². The number of ether oxygens (including phenoxy) is 1. The number of halogens is 1. The van der Waals surface area contributed by atoms with Crippen molar-refractivity contribution in [3.05, 3.63) is 53.1 Å². The highest BCUT2D eigenvalue weighted by Crippen LogP contribution is 2.32. The van der Waals surface area contributed by atoms with E-state index >= 15 is 0 Å². The van der Waals surface area contributed by atoms with Gasteiger partial charge >= 0.3 is 0 Å². The minimum Gasteiger partial charge on any atom is -0.497 e. The molecule has 0 spiro atoms. The van der Waals surface area contributed by atoms with Gasteiger partial charge in [-0.3, -0.25) is 19.4 Å². The number of nitrogens with zero attached hydrogens (tertiary/aromatic N) is 4. The van der Waals surface area contributed by atoms with Gasteiger partial charge in [-0.1, -0.05) is 22.9 Å². The van der Waals surface area contributed by atoms with Gasteiger partial charge < -0.3 is 10.1 Å². The van der Waals surface area contributed by atoms with E-state index in [4.69, 9.17) is 16.3 Å². The van der Waals surface area contributed by atoms with Gasteiger partial charge in [0.1, 0.15) is 12.3 Å². The molecule has 0 saturated carbocycles. The van der Waals surface area contributed by atoms with Crippen molar-refractivity contribution in [3.63, 3.8) is 0 Å². The molecule has 1 fully saturated rings. The zero-order chi connectivity index (χ0) is 21.4. The molecule has 0 bridgehead atoms. The minimum atomic E-state index is -0.977. The first-order valence-electron chi connectivity index (χ1n) is 9.14. The second-order valence-corrected chi connectivity index (χ2v) is 7.34. The molecular formula is C20H18ClN5O4. The number of carbonyl (C=O) groups excluding carboxylic acids is 3. The van der Waals surface area contributed by atoms with Crippen molar-refractivity contribution >= 4 is 40.7 Å². The Morgan fingerprint density at radius 2 is 1.90 bits per heavy atom. The van der Waals surface area contributed by atoms with Gasteiger partial charge in [0.25, 0.3) is 11.8 Å². The van der Waals surface area contributed by atoms with Crippen LogP contribution >= 0.6 is 11.6 Å². The van der Waals surface area contributed by atoms with Gasteiger partial charge in [0.15, 0.2) is 12.1 Å². The molecule has 154 valence electrons. The molecule has 0 radical (unpaired) electrons. The number of hydrogen-bond donors (Lipinski definition) is 1. The molecule has 9 nitrogen and oxygen atoms in total. The number of methoxy groups -OCH3 is 1. The van der Waals surface area contributed by atoms with Crippen molar-refractivity contribution in [2.75, 3.05) is 23.9 Å². The summed E-state index contributed by atoms with van der Waals surface area (Å²) in [6, 6.07) is 9.85. The molecule has 3 amide bonds. The summed E-state index contributed by atoms with van der Waals surface area (Å²) in [4.78, 5) is 39.2. The fourth-order valence-corrected chi connectivity index (χ4v) is 3.68. The molecule has 10 heteroatoms. The third kappa shape index (κ3) is 3.48. The highest BCUT2D eigenvalue weighted by atomic mass is 35.5. The molecule has 0 unspecified atom stereocenters. The quantitative estimate of drug-likeness (QED) is 0.738. The Morgan fingerprint density at radius 1 is 1.17 bits per heavy atom. The summed E-state index contributed by atoms with van der Waals surface area (Å²) in [5, 5.41) is 12.1. The molecule has 4 rings (SSSR count). The topological polar surface area (TPSA) is 104 Å². The first-order valence-corrected chi connectivity index (χ1v) is 9.52. The normalized spacial score (nSPS) is 20.0. The number of hydrogen-bond acceptors (Lipinski definition) is 7. The largest absolute Gasteiger partial charge is 0.497 e. The van der Waals surface area contributed by atoms with Gasteiger partial charge in [0.2, 0.25) is 5.91 Å². The molecule has 30 heavy (non-hydrogen) atoms. The summed E-state index contributed by atoms with van der Waals surface area (Å²) in [6.45, 7) is 1.64. The average molecular weight is 428 g/mol. The summed E-state index contributed by atoms with van der Waals surface area (Å²) in [6.07, 6.45) is 0. The lowest BCUT2D eigenvalue weighted by atomic mass is 10.1. The van der Waals surface area contributed by atoms with Crippen molar-refractivity contribution in [3.8, 4) is 5.75 Å². The Labute approximate surface area is 177 Å². The van der Waals surface area contributed by atoms with Crippen LogP contribution in [0.15, 0.2) is 52.8 Å². The molecule has 2 aromatic rings. The fourth-order valence-electron chi connectivity index (χ4n) is 3.40. The highest BCUT2D eigenvalue weighted by Gasteiger charge is 2.55. The lowest BCUT2D eigenvalue weighted by Gasteiger charge is -2.20. The lowest BCUT2D eigenvalue weighted by molar-refractivity contribution is -0.123. The van der Waals surface area contributed by atoms with Crippen LogP contribution in [0.2, 0.25) is 5.02 Å². The van der Waals surface area contributed by atoms with E-state index in [1.54, 1.807) is 36.4 Å². The Hall–Kier alpha value is -3.46. The second kappa shape index (κ2) is 7.75. The number of carbonyl (C=O) groups is 3. The van der Waals surface area contributed by atoms with Gasteiger partial charge in [0, 0.05) is 0 Å².